The molecule has 0 fully saturated rings. The van der Waals surface area contributed by atoms with Crippen molar-refractivity contribution in [3.05, 3.63) is 60.0 Å². The Hall–Kier alpha value is -2.54. The van der Waals surface area contributed by atoms with Crippen molar-refractivity contribution in [2.45, 2.75) is 12.3 Å². The highest BCUT2D eigenvalue weighted by molar-refractivity contribution is 7.97. The average molecular weight is 343 g/mol. The number of furan rings is 1. The van der Waals surface area contributed by atoms with Crippen molar-refractivity contribution in [3.63, 3.8) is 0 Å². The number of carbonyl (C=O) groups excluding carboxylic acids is 1. The maximum Gasteiger partial charge on any atom is 0.289 e. The molecular formula is C17H17N3O3S. The molecule has 0 atom stereocenters. The molecular weight excluding hydrogens is 326 g/mol. The number of amides is 1. The summed E-state index contributed by atoms with van der Waals surface area (Å²) < 4.78 is 10.9. The van der Waals surface area contributed by atoms with Crippen molar-refractivity contribution in [3.8, 4) is 11.3 Å². The van der Waals surface area contributed by atoms with Crippen molar-refractivity contribution >= 4 is 17.7 Å². The number of hydrogen-bond donors (Lipinski definition) is 0. The molecule has 0 bridgehead atoms. The van der Waals surface area contributed by atoms with Crippen LogP contribution in [0.15, 0.2) is 51.7 Å². The molecule has 3 aromatic rings. The summed E-state index contributed by atoms with van der Waals surface area (Å²) in [4.78, 5) is 18.0. The van der Waals surface area contributed by atoms with Crippen LogP contribution in [0.1, 0.15) is 22.1 Å². The van der Waals surface area contributed by atoms with Gasteiger partial charge in [0.15, 0.2) is 11.5 Å². The van der Waals surface area contributed by atoms with Gasteiger partial charge in [0.25, 0.3) is 5.91 Å². The highest BCUT2D eigenvalue weighted by atomic mass is 32.2. The molecule has 0 saturated carbocycles. The fourth-order valence-corrected chi connectivity index (χ4v) is 2.68. The van der Waals surface area contributed by atoms with E-state index in [0.29, 0.717) is 23.8 Å². The van der Waals surface area contributed by atoms with E-state index in [2.05, 4.69) is 10.1 Å². The second-order valence-corrected chi connectivity index (χ2v) is 6.15. The first-order valence-electron chi connectivity index (χ1n) is 7.36. The number of carbonyl (C=O) groups is 1. The molecule has 0 aliphatic rings. The van der Waals surface area contributed by atoms with Crippen molar-refractivity contribution in [2.24, 2.45) is 0 Å². The third-order valence-corrected chi connectivity index (χ3v) is 3.99. The fourth-order valence-electron chi connectivity index (χ4n) is 2.24. The minimum absolute atomic E-state index is 0.193. The SMILES string of the molecule is CSCc1ccc(C(=O)N(C)Cc2cc(-c3cccnc3)no2)o1. The third-order valence-electron chi connectivity index (χ3n) is 3.41. The molecule has 0 N–H and O–H groups in total. The van der Waals surface area contributed by atoms with E-state index in [1.165, 1.54) is 4.90 Å². The van der Waals surface area contributed by atoms with Gasteiger partial charge in [-0.2, -0.15) is 11.8 Å². The van der Waals surface area contributed by atoms with Gasteiger partial charge in [-0.3, -0.25) is 9.78 Å². The summed E-state index contributed by atoms with van der Waals surface area (Å²) in [5, 5.41) is 4.02. The minimum atomic E-state index is -0.193. The smallest absolute Gasteiger partial charge is 0.289 e. The number of pyridine rings is 1. The van der Waals surface area contributed by atoms with Gasteiger partial charge in [-0.25, -0.2) is 0 Å². The van der Waals surface area contributed by atoms with Gasteiger partial charge in [-0.1, -0.05) is 5.16 Å². The van der Waals surface area contributed by atoms with Gasteiger partial charge < -0.3 is 13.8 Å². The van der Waals surface area contributed by atoms with Crippen LogP contribution in [0.25, 0.3) is 11.3 Å². The van der Waals surface area contributed by atoms with Gasteiger partial charge in [0.2, 0.25) is 0 Å². The monoisotopic (exact) mass is 343 g/mol. The van der Waals surface area contributed by atoms with Gasteiger partial charge in [-0.15, -0.1) is 0 Å². The van der Waals surface area contributed by atoms with Crippen LogP contribution in [-0.2, 0) is 12.3 Å². The average Bonchev–Trinajstić information content (AvgIpc) is 3.25. The first-order chi connectivity index (χ1) is 11.7. The lowest BCUT2D eigenvalue weighted by Crippen LogP contribution is -2.25. The van der Waals surface area contributed by atoms with Crippen LogP contribution in [-0.4, -0.2) is 34.3 Å². The van der Waals surface area contributed by atoms with E-state index in [0.717, 1.165) is 17.1 Å². The molecule has 3 aromatic heterocycles. The van der Waals surface area contributed by atoms with E-state index < -0.39 is 0 Å². The predicted molar refractivity (Wildman–Crippen MR) is 91.5 cm³/mol. The Morgan fingerprint density at radius 2 is 2.17 bits per heavy atom. The molecule has 0 aliphatic carbocycles. The minimum Gasteiger partial charge on any atom is -0.455 e. The molecule has 0 unspecified atom stereocenters. The van der Waals surface area contributed by atoms with Gasteiger partial charge in [0, 0.05) is 31.1 Å². The second kappa shape index (κ2) is 7.35. The molecule has 0 aromatic carbocycles. The second-order valence-electron chi connectivity index (χ2n) is 5.28. The molecule has 6 nitrogen and oxygen atoms in total. The molecule has 1 amide bonds. The summed E-state index contributed by atoms with van der Waals surface area (Å²) in [6.45, 7) is 0.310. The van der Waals surface area contributed by atoms with Crippen LogP contribution in [0.2, 0.25) is 0 Å². The van der Waals surface area contributed by atoms with Gasteiger partial charge >= 0.3 is 0 Å². The fraction of sp³-hybridized carbons (Fsp3) is 0.235. The molecule has 24 heavy (non-hydrogen) atoms. The van der Waals surface area contributed by atoms with Crippen LogP contribution in [0.3, 0.4) is 0 Å². The maximum atomic E-state index is 12.4. The van der Waals surface area contributed by atoms with E-state index in [9.17, 15) is 4.79 Å². The third kappa shape index (κ3) is 3.68. The largest absolute Gasteiger partial charge is 0.455 e. The lowest BCUT2D eigenvalue weighted by atomic mass is 10.2. The molecule has 3 rings (SSSR count). The van der Waals surface area contributed by atoms with Crippen molar-refractivity contribution < 1.29 is 13.7 Å². The van der Waals surface area contributed by atoms with Gasteiger partial charge in [-0.05, 0) is 30.5 Å². The zero-order chi connectivity index (χ0) is 16.9. The van der Waals surface area contributed by atoms with Crippen molar-refractivity contribution in [2.75, 3.05) is 13.3 Å². The lowest BCUT2D eigenvalue weighted by Gasteiger charge is -2.13. The standard InChI is InChI=1S/C17H17N3O3S/c1-20(17(21)16-6-5-13(22-16)11-24-2)10-14-8-15(19-23-14)12-4-3-7-18-9-12/h3-9H,10-11H2,1-2H3. The number of thioether (sulfide) groups is 1. The number of nitrogens with zero attached hydrogens (tertiary/aromatic N) is 3. The van der Waals surface area contributed by atoms with Gasteiger partial charge in [0.05, 0.1) is 12.3 Å². The normalized spacial score (nSPS) is 10.8. The predicted octanol–water partition coefficient (Wildman–Crippen LogP) is 3.46. The number of rotatable bonds is 6. The maximum absolute atomic E-state index is 12.4. The summed E-state index contributed by atoms with van der Waals surface area (Å²) in [6.07, 6.45) is 5.40. The highest BCUT2D eigenvalue weighted by Crippen LogP contribution is 2.19. The summed E-state index contributed by atoms with van der Waals surface area (Å²) in [7, 11) is 1.70. The molecule has 7 heteroatoms. The first kappa shape index (κ1) is 16.3. The quantitative estimate of drug-likeness (QED) is 0.682. The van der Waals surface area contributed by atoms with Crippen molar-refractivity contribution in [1.82, 2.24) is 15.0 Å². The Morgan fingerprint density at radius 3 is 2.92 bits per heavy atom. The molecule has 3 heterocycles. The van der Waals surface area contributed by atoms with Crippen LogP contribution >= 0.6 is 11.8 Å². The lowest BCUT2D eigenvalue weighted by molar-refractivity contribution is 0.0739. The Morgan fingerprint density at radius 1 is 1.29 bits per heavy atom. The summed E-state index contributed by atoms with van der Waals surface area (Å²) in [5.74, 6) is 2.27. The molecule has 0 saturated heterocycles. The molecule has 0 aliphatic heterocycles. The summed E-state index contributed by atoms with van der Waals surface area (Å²) in [5.41, 5.74) is 1.56. The van der Waals surface area contributed by atoms with E-state index in [1.54, 1.807) is 37.3 Å². The Kier molecular flexibility index (Phi) is 5.00. The highest BCUT2D eigenvalue weighted by Gasteiger charge is 2.18. The Balaban J connectivity index is 1.67. The Bertz CT molecular complexity index is 813. The van der Waals surface area contributed by atoms with Crippen molar-refractivity contribution in [1.29, 1.82) is 0 Å². The first-order valence-corrected chi connectivity index (χ1v) is 8.76. The van der Waals surface area contributed by atoms with E-state index in [1.807, 2.05) is 30.5 Å². The molecule has 124 valence electrons. The number of hydrogen-bond acceptors (Lipinski definition) is 6. The zero-order valence-corrected chi connectivity index (χ0v) is 14.2. The van der Waals surface area contributed by atoms with E-state index in [-0.39, 0.29) is 5.91 Å². The molecule has 0 radical (unpaired) electrons. The number of aromatic nitrogens is 2. The summed E-state index contributed by atoms with van der Waals surface area (Å²) in [6, 6.07) is 9.07. The van der Waals surface area contributed by atoms with Crippen LogP contribution in [0.4, 0.5) is 0 Å². The van der Waals surface area contributed by atoms with Gasteiger partial charge in [0.1, 0.15) is 11.5 Å². The van der Waals surface area contributed by atoms with E-state index in [4.69, 9.17) is 8.94 Å². The van der Waals surface area contributed by atoms with E-state index >= 15 is 0 Å². The molecule has 0 spiro atoms. The van der Waals surface area contributed by atoms with Crippen LogP contribution in [0, 0.1) is 0 Å². The zero-order valence-electron chi connectivity index (χ0n) is 13.4. The van der Waals surface area contributed by atoms with Crippen LogP contribution in [0.5, 0.6) is 0 Å². The summed E-state index contributed by atoms with van der Waals surface area (Å²) >= 11 is 1.64. The van der Waals surface area contributed by atoms with Crippen LogP contribution < -0.4 is 0 Å². The Labute approximate surface area is 143 Å². The topological polar surface area (TPSA) is 72.4 Å².